The molecule has 1 aromatic heterocycles. The van der Waals surface area contributed by atoms with Crippen LogP contribution in [0.2, 0.25) is 0 Å². The molecule has 0 radical (unpaired) electrons. The number of amides is 3. The number of rotatable bonds is 6. The van der Waals surface area contributed by atoms with Gasteiger partial charge in [0, 0.05) is 24.2 Å². The van der Waals surface area contributed by atoms with Crippen molar-refractivity contribution in [3.05, 3.63) is 42.1 Å². The lowest BCUT2D eigenvalue weighted by Crippen LogP contribution is -2.60. The SMILES string of the molecule is CN[C@@H](C)C(=O)N[C@H](C(=O)N1CCC2CCC(NC(=O)c3cccc4cccnc34)C21)C(C)(C)C. The van der Waals surface area contributed by atoms with Gasteiger partial charge in [0.2, 0.25) is 11.8 Å². The molecule has 35 heavy (non-hydrogen) atoms. The predicted octanol–water partition coefficient (Wildman–Crippen LogP) is 2.48. The lowest BCUT2D eigenvalue weighted by molar-refractivity contribution is -0.141. The first-order valence-corrected chi connectivity index (χ1v) is 12.5. The quantitative estimate of drug-likeness (QED) is 0.591. The molecule has 5 atom stereocenters. The van der Waals surface area contributed by atoms with Crippen molar-refractivity contribution in [2.75, 3.05) is 13.6 Å². The van der Waals surface area contributed by atoms with Crippen molar-refractivity contribution in [3.63, 3.8) is 0 Å². The standard InChI is InChI=1S/C27H37N5O3/c1-16(28-5)24(33)31-23(27(2,3)4)26(35)32-15-13-18-11-12-20(22(18)32)30-25(34)19-10-6-8-17-9-7-14-29-21(17)19/h6-10,14,16,18,20,22-23,28H,11-13,15H2,1-5H3,(H,30,34)(H,31,33)/t16-,18?,20?,22?,23+/m0/s1. The molecule has 1 aromatic carbocycles. The van der Waals surface area contributed by atoms with E-state index in [1.165, 1.54) is 0 Å². The molecular weight excluding hydrogens is 442 g/mol. The molecule has 2 fully saturated rings. The van der Waals surface area contributed by atoms with Crippen LogP contribution in [0.1, 0.15) is 57.3 Å². The topological polar surface area (TPSA) is 103 Å². The van der Waals surface area contributed by atoms with Crippen molar-refractivity contribution in [2.45, 2.75) is 71.1 Å². The van der Waals surface area contributed by atoms with Crippen LogP contribution in [0.4, 0.5) is 0 Å². The van der Waals surface area contributed by atoms with Crippen molar-refractivity contribution >= 4 is 28.6 Å². The van der Waals surface area contributed by atoms with E-state index in [1.807, 2.05) is 49.9 Å². The average Bonchev–Trinajstić information content (AvgIpc) is 3.43. The highest BCUT2D eigenvalue weighted by Crippen LogP contribution is 2.39. The number of carbonyl (C=O) groups is 3. The Labute approximate surface area is 207 Å². The van der Waals surface area contributed by atoms with Crippen LogP contribution in [0.3, 0.4) is 0 Å². The third-order valence-electron chi connectivity index (χ3n) is 7.55. The zero-order chi connectivity index (χ0) is 25.3. The van der Waals surface area contributed by atoms with Gasteiger partial charge in [-0.15, -0.1) is 0 Å². The zero-order valence-corrected chi connectivity index (χ0v) is 21.3. The van der Waals surface area contributed by atoms with Crippen molar-refractivity contribution < 1.29 is 14.4 Å². The summed E-state index contributed by atoms with van der Waals surface area (Å²) in [5.74, 6) is -0.0869. The van der Waals surface area contributed by atoms with Crippen LogP contribution in [0.15, 0.2) is 36.5 Å². The molecule has 3 unspecified atom stereocenters. The summed E-state index contributed by atoms with van der Waals surface area (Å²) in [6.07, 6.45) is 4.40. The number of carbonyl (C=O) groups excluding carboxylic acids is 3. The van der Waals surface area contributed by atoms with E-state index in [9.17, 15) is 14.4 Å². The monoisotopic (exact) mass is 479 g/mol. The Morgan fingerprint density at radius 3 is 2.54 bits per heavy atom. The van der Waals surface area contributed by atoms with Crippen LogP contribution in [-0.2, 0) is 9.59 Å². The maximum Gasteiger partial charge on any atom is 0.253 e. The van der Waals surface area contributed by atoms with Gasteiger partial charge in [0.15, 0.2) is 0 Å². The average molecular weight is 480 g/mol. The lowest BCUT2D eigenvalue weighted by Gasteiger charge is -2.38. The number of para-hydroxylation sites is 1. The number of benzene rings is 1. The minimum atomic E-state index is -0.649. The van der Waals surface area contributed by atoms with Crippen molar-refractivity contribution in [1.29, 1.82) is 0 Å². The fraction of sp³-hybridized carbons (Fsp3) is 0.556. The maximum atomic E-state index is 13.8. The Morgan fingerprint density at radius 1 is 1.09 bits per heavy atom. The fourth-order valence-electron chi connectivity index (χ4n) is 5.47. The van der Waals surface area contributed by atoms with Gasteiger partial charge in [0.25, 0.3) is 5.91 Å². The molecule has 2 aliphatic rings. The summed E-state index contributed by atoms with van der Waals surface area (Å²) in [4.78, 5) is 46.1. The van der Waals surface area contributed by atoms with Crippen LogP contribution in [0.25, 0.3) is 10.9 Å². The van der Waals surface area contributed by atoms with Gasteiger partial charge in [-0.3, -0.25) is 19.4 Å². The third kappa shape index (κ3) is 5.03. The second-order valence-electron chi connectivity index (χ2n) is 10.9. The Balaban J connectivity index is 1.54. The van der Waals surface area contributed by atoms with Crippen molar-refractivity contribution in [1.82, 2.24) is 25.8 Å². The number of likely N-dealkylation sites (tertiary alicyclic amines) is 1. The first-order chi connectivity index (χ1) is 16.6. The van der Waals surface area contributed by atoms with E-state index in [-0.39, 0.29) is 29.8 Å². The number of nitrogens with zero attached hydrogens (tertiary/aromatic N) is 2. The molecule has 0 bridgehead atoms. The zero-order valence-electron chi connectivity index (χ0n) is 21.3. The van der Waals surface area contributed by atoms with Gasteiger partial charge in [0.1, 0.15) is 6.04 Å². The van der Waals surface area contributed by atoms with E-state index < -0.39 is 17.5 Å². The van der Waals surface area contributed by atoms with Gasteiger partial charge in [-0.25, -0.2) is 0 Å². The smallest absolute Gasteiger partial charge is 0.253 e. The van der Waals surface area contributed by atoms with E-state index in [4.69, 9.17) is 0 Å². The predicted molar refractivity (Wildman–Crippen MR) is 136 cm³/mol. The molecule has 188 valence electrons. The number of aromatic nitrogens is 1. The minimum absolute atomic E-state index is 0.0714. The Kier molecular flexibility index (Phi) is 7.12. The molecule has 1 aliphatic heterocycles. The Morgan fingerprint density at radius 2 is 1.83 bits per heavy atom. The summed E-state index contributed by atoms with van der Waals surface area (Å²) in [7, 11) is 1.72. The number of pyridine rings is 1. The van der Waals surface area contributed by atoms with Gasteiger partial charge in [-0.2, -0.15) is 0 Å². The van der Waals surface area contributed by atoms with Gasteiger partial charge in [-0.05, 0) is 56.7 Å². The van der Waals surface area contributed by atoms with E-state index in [1.54, 1.807) is 26.2 Å². The van der Waals surface area contributed by atoms with E-state index in [0.29, 0.717) is 23.5 Å². The van der Waals surface area contributed by atoms with Gasteiger partial charge < -0.3 is 20.9 Å². The Bertz CT molecular complexity index is 1110. The molecule has 0 spiro atoms. The first kappa shape index (κ1) is 25.1. The number of likely N-dealkylation sites (N-methyl/N-ethyl adjacent to an activating group) is 1. The highest BCUT2D eigenvalue weighted by Gasteiger charge is 2.49. The van der Waals surface area contributed by atoms with Gasteiger partial charge >= 0.3 is 0 Å². The molecule has 1 aliphatic carbocycles. The van der Waals surface area contributed by atoms with Gasteiger partial charge in [-0.1, -0.05) is 39.0 Å². The first-order valence-electron chi connectivity index (χ1n) is 12.5. The molecule has 8 nitrogen and oxygen atoms in total. The normalized spacial score (nSPS) is 23.6. The van der Waals surface area contributed by atoms with Crippen molar-refractivity contribution in [3.8, 4) is 0 Å². The van der Waals surface area contributed by atoms with Crippen LogP contribution < -0.4 is 16.0 Å². The minimum Gasteiger partial charge on any atom is -0.347 e. The second-order valence-corrected chi connectivity index (χ2v) is 10.9. The van der Waals surface area contributed by atoms with Crippen LogP contribution in [0.5, 0.6) is 0 Å². The van der Waals surface area contributed by atoms with E-state index >= 15 is 0 Å². The summed E-state index contributed by atoms with van der Waals surface area (Å²) in [6, 6.07) is 8.15. The number of hydrogen-bond acceptors (Lipinski definition) is 5. The summed E-state index contributed by atoms with van der Waals surface area (Å²) >= 11 is 0. The van der Waals surface area contributed by atoms with Crippen LogP contribution in [0, 0.1) is 11.3 Å². The molecule has 4 rings (SSSR count). The largest absolute Gasteiger partial charge is 0.347 e. The summed E-state index contributed by atoms with van der Waals surface area (Å²) in [5, 5.41) is 10.0. The van der Waals surface area contributed by atoms with Crippen LogP contribution >= 0.6 is 0 Å². The summed E-state index contributed by atoms with van der Waals surface area (Å²) < 4.78 is 0. The number of fused-ring (bicyclic) bond motifs is 2. The van der Waals surface area contributed by atoms with E-state index in [2.05, 4.69) is 20.9 Å². The summed E-state index contributed by atoms with van der Waals surface area (Å²) in [6.45, 7) is 8.31. The highest BCUT2D eigenvalue weighted by atomic mass is 16.2. The molecule has 2 aromatic rings. The maximum absolute atomic E-state index is 13.8. The molecule has 1 saturated carbocycles. The molecule has 1 saturated heterocycles. The highest BCUT2D eigenvalue weighted by molar-refractivity contribution is 6.05. The van der Waals surface area contributed by atoms with Crippen LogP contribution in [-0.4, -0.2) is 65.4 Å². The number of hydrogen-bond donors (Lipinski definition) is 3. The van der Waals surface area contributed by atoms with Crippen molar-refractivity contribution in [2.24, 2.45) is 11.3 Å². The van der Waals surface area contributed by atoms with Gasteiger partial charge in [0.05, 0.1) is 23.2 Å². The third-order valence-corrected chi connectivity index (χ3v) is 7.55. The summed E-state index contributed by atoms with van der Waals surface area (Å²) in [5.41, 5.74) is 0.767. The Hall–Kier alpha value is -3.00. The molecule has 8 heteroatoms. The lowest BCUT2D eigenvalue weighted by atomic mass is 9.85. The second kappa shape index (κ2) is 9.93. The molecule has 3 N–H and O–H groups in total. The molecule has 3 amide bonds. The molecule has 2 heterocycles. The number of nitrogens with one attached hydrogen (secondary N) is 3. The fourth-order valence-corrected chi connectivity index (χ4v) is 5.47. The molecular formula is C27H37N5O3. The van der Waals surface area contributed by atoms with E-state index in [0.717, 1.165) is 24.6 Å².